The molecule has 1 spiro atoms. The maximum atomic E-state index is 13.2. The van der Waals surface area contributed by atoms with Crippen LogP contribution in [0, 0.1) is 19.3 Å². The summed E-state index contributed by atoms with van der Waals surface area (Å²) in [5.41, 5.74) is 2.07. The van der Waals surface area contributed by atoms with E-state index in [1.54, 1.807) is 15.6 Å². The van der Waals surface area contributed by atoms with Gasteiger partial charge in [0.15, 0.2) is 0 Å². The summed E-state index contributed by atoms with van der Waals surface area (Å²) in [7, 11) is 0. The molecule has 9 nitrogen and oxygen atoms in total. The van der Waals surface area contributed by atoms with Crippen molar-refractivity contribution in [1.82, 2.24) is 34.4 Å². The van der Waals surface area contributed by atoms with Gasteiger partial charge in [0.05, 0.1) is 17.7 Å². The molecule has 154 valence electrons. The highest BCUT2D eigenvalue weighted by molar-refractivity contribution is 5.93. The molecule has 0 saturated carbocycles. The van der Waals surface area contributed by atoms with Crippen molar-refractivity contribution in [3.63, 3.8) is 0 Å². The van der Waals surface area contributed by atoms with Gasteiger partial charge in [-0.15, -0.1) is 5.10 Å². The lowest BCUT2D eigenvalue weighted by Gasteiger charge is -2.23. The van der Waals surface area contributed by atoms with E-state index >= 15 is 0 Å². The molecule has 30 heavy (non-hydrogen) atoms. The third kappa shape index (κ3) is 3.01. The Bertz CT molecular complexity index is 1140. The van der Waals surface area contributed by atoms with E-state index in [2.05, 4.69) is 20.1 Å². The van der Waals surface area contributed by atoms with Crippen LogP contribution in [0.2, 0.25) is 0 Å². The highest BCUT2D eigenvalue weighted by atomic mass is 16.2. The minimum absolute atomic E-state index is 0.111. The molecule has 0 radical (unpaired) electrons. The fourth-order valence-electron chi connectivity index (χ4n) is 4.55. The number of carbonyl (C=O) groups is 2. The van der Waals surface area contributed by atoms with Crippen LogP contribution in [0.3, 0.4) is 0 Å². The fourth-order valence-corrected chi connectivity index (χ4v) is 4.55. The summed E-state index contributed by atoms with van der Waals surface area (Å²) < 4.78 is 1.58. The van der Waals surface area contributed by atoms with Crippen LogP contribution in [0.25, 0.3) is 5.78 Å². The third-order valence-corrected chi connectivity index (χ3v) is 6.13. The molecule has 0 aromatic carbocycles. The number of hydrogen-bond acceptors (Lipinski definition) is 6. The van der Waals surface area contributed by atoms with Crippen molar-refractivity contribution in [3.8, 4) is 0 Å². The van der Waals surface area contributed by atoms with Gasteiger partial charge in [-0.25, -0.2) is 9.50 Å². The normalized spacial score (nSPS) is 21.3. The molecule has 1 atom stereocenters. The van der Waals surface area contributed by atoms with Crippen LogP contribution >= 0.6 is 0 Å². The van der Waals surface area contributed by atoms with E-state index < -0.39 is 5.41 Å². The summed E-state index contributed by atoms with van der Waals surface area (Å²) in [6, 6.07) is 7.61. The highest BCUT2D eigenvalue weighted by Gasteiger charge is 2.52. The predicted octanol–water partition coefficient (Wildman–Crippen LogP) is 1.40. The smallest absolute Gasteiger partial charge is 0.293 e. The highest BCUT2D eigenvalue weighted by Crippen LogP contribution is 2.41. The first-order valence-electron chi connectivity index (χ1n) is 10.1. The maximum Gasteiger partial charge on any atom is 0.293 e. The number of carbonyl (C=O) groups excluding carboxylic acids is 2. The quantitative estimate of drug-likeness (QED) is 0.654. The molecule has 2 aliphatic heterocycles. The van der Waals surface area contributed by atoms with E-state index in [0.29, 0.717) is 38.4 Å². The number of hydrogen-bond donors (Lipinski definition) is 0. The van der Waals surface area contributed by atoms with Gasteiger partial charge in [-0.3, -0.25) is 14.6 Å². The van der Waals surface area contributed by atoms with Crippen LogP contribution in [0.5, 0.6) is 0 Å². The Balaban J connectivity index is 1.32. The van der Waals surface area contributed by atoms with Crippen LogP contribution in [-0.4, -0.2) is 65.8 Å². The molecule has 3 aromatic heterocycles. The molecule has 5 heterocycles. The number of amides is 2. The van der Waals surface area contributed by atoms with Crippen molar-refractivity contribution < 1.29 is 9.59 Å². The lowest BCUT2D eigenvalue weighted by atomic mass is 9.85. The van der Waals surface area contributed by atoms with Crippen molar-refractivity contribution >= 4 is 17.6 Å². The van der Waals surface area contributed by atoms with Crippen LogP contribution in [0.15, 0.2) is 30.5 Å². The SMILES string of the molecule is Cc1cc(C)n2nc(C(=O)N3CCC4(CCN(Cc5ccccn5)C4=O)C3)nc2n1. The van der Waals surface area contributed by atoms with Crippen molar-refractivity contribution in [1.29, 1.82) is 0 Å². The summed E-state index contributed by atoms with van der Waals surface area (Å²) in [5, 5.41) is 4.35. The largest absolute Gasteiger partial charge is 0.336 e. The zero-order valence-electron chi connectivity index (χ0n) is 17.1. The Hall–Kier alpha value is -3.36. The van der Waals surface area contributed by atoms with Gasteiger partial charge in [0, 0.05) is 37.2 Å². The minimum Gasteiger partial charge on any atom is -0.336 e. The van der Waals surface area contributed by atoms with Gasteiger partial charge in [0.25, 0.3) is 11.7 Å². The van der Waals surface area contributed by atoms with Gasteiger partial charge in [0.2, 0.25) is 11.7 Å². The number of aromatic nitrogens is 5. The molecule has 2 fully saturated rings. The number of nitrogens with zero attached hydrogens (tertiary/aromatic N) is 7. The number of pyridine rings is 1. The van der Waals surface area contributed by atoms with Gasteiger partial charge < -0.3 is 9.80 Å². The van der Waals surface area contributed by atoms with Crippen LogP contribution in [0.4, 0.5) is 0 Å². The maximum absolute atomic E-state index is 13.2. The summed E-state index contributed by atoms with van der Waals surface area (Å²) in [4.78, 5) is 42.8. The molecule has 5 rings (SSSR count). The Morgan fingerprint density at radius 3 is 2.80 bits per heavy atom. The molecule has 0 N–H and O–H groups in total. The van der Waals surface area contributed by atoms with Gasteiger partial charge >= 0.3 is 0 Å². The molecule has 0 bridgehead atoms. The second-order valence-electron chi connectivity index (χ2n) is 8.24. The van der Waals surface area contributed by atoms with Gasteiger partial charge in [-0.1, -0.05) is 6.07 Å². The molecule has 0 aliphatic carbocycles. The Kier molecular flexibility index (Phi) is 4.27. The number of aryl methyl sites for hydroxylation is 2. The Labute approximate surface area is 173 Å². The minimum atomic E-state index is -0.506. The van der Waals surface area contributed by atoms with E-state index in [9.17, 15) is 9.59 Å². The van der Waals surface area contributed by atoms with Crippen LogP contribution in [0.1, 0.15) is 40.5 Å². The number of likely N-dealkylation sites (tertiary alicyclic amines) is 2. The summed E-state index contributed by atoms with van der Waals surface area (Å²) >= 11 is 0. The molecular weight excluding hydrogens is 382 g/mol. The van der Waals surface area contributed by atoms with Crippen molar-refractivity contribution in [3.05, 3.63) is 53.4 Å². The van der Waals surface area contributed by atoms with E-state index in [-0.39, 0.29) is 17.6 Å². The predicted molar refractivity (Wildman–Crippen MR) is 107 cm³/mol. The Morgan fingerprint density at radius 1 is 1.17 bits per heavy atom. The zero-order valence-corrected chi connectivity index (χ0v) is 17.1. The summed E-state index contributed by atoms with van der Waals surface area (Å²) in [5.74, 6) is 0.414. The average Bonchev–Trinajstić information content (AvgIpc) is 3.43. The first-order chi connectivity index (χ1) is 14.4. The fraction of sp³-hybridized carbons (Fsp3) is 0.429. The zero-order chi connectivity index (χ0) is 20.9. The molecule has 2 saturated heterocycles. The lowest BCUT2D eigenvalue weighted by Crippen LogP contribution is -2.38. The first-order valence-corrected chi connectivity index (χ1v) is 10.1. The molecule has 2 aliphatic rings. The second kappa shape index (κ2) is 6.86. The second-order valence-corrected chi connectivity index (χ2v) is 8.24. The van der Waals surface area contributed by atoms with Gasteiger partial charge in [-0.2, -0.15) is 4.98 Å². The van der Waals surface area contributed by atoms with E-state index in [0.717, 1.165) is 23.5 Å². The average molecular weight is 405 g/mol. The van der Waals surface area contributed by atoms with Crippen molar-refractivity contribution in [2.45, 2.75) is 33.2 Å². The standard InChI is InChI=1S/C21H23N7O2/c1-14-11-15(2)28-20(23-14)24-17(25-28)18(29)27-10-7-21(13-27)6-9-26(19(21)30)12-16-5-3-4-8-22-16/h3-5,8,11H,6-7,9-10,12-13H2,1-2H3. The molecule has 3 aromatic rings. The molecule has 9 heteroatoms. The first kappa shape index (κ1) is 18.7. The number of rotatable bonds is 3. The summed E-state index contributed by atoms with van der Waals surface area (Å²) in [6.45, 7) is 5.92. The van der Waals surface area contributed by atoms with Gasteiger partial charge in [-0.05, 0) is 44.9 Å². The van der Waals surface area contributed by atoms with E-state index in [1.807, 2.05) is 43.0 Å². The van der Waals surface area contributed by atoms with Crippen molar-refractivity contribution in [2.75, 3.05) is 19.6 Å². The van der Waals surface area contributed by atoms with E-state index in [1.165, 1.54) is 0 Å². The molecular formula is C21H23N7O2. The van der Waals surface area contributed by atoms with E-state index in [4.69, 9.17) is 0 Å². The van der Waals surface area contributed by atoms with Gasteiger partial charge in [0.1, 0.15) is 0 Å². The third-order valence-electron chi connectivity index (χ3n) is 6.13. The van der Waals surface area contributed by atoms with Crippen LogP contribution in [-0.2, 0) is 11.3 Å². The topological polar surface area (TPSA) is 96.6 Å². The monoisotopic (exact) mass is 405 g/mol. The molecule has 2 amide bonds. The Morgan fingerprint density at radius 2 is 2.00 bits per heavy atom. The van der Waals surface area contributed by atoms with Crippen molar-refractivity contribution in [2.24, 2.45) is 5.41 Å². The summed E-state index contributed by atoms with van der Waals surface area (Å²) in [6.07, 6.45) is 3.16. The molecule has 1 unspecified atom stereocenters. The van der Waals surface area contributed by atoms with Crippen LogP contribution < -0.4 is 0 Å². The number of fused-ring (bicyclic) bond motifs is 1. The lowest BCUT2D eigenvalue weighted by molar-refractivity contribution is -0.135.